The number of benzene rings is 1. The van der Waals surface area contributed by atoms with Gasteiger partial charge in [0.05, 0.1) is 36.4 Å². The van der Waals surface area contributed by atoms with Gasteiger partial charge in [0.15, 0.2) is 0 Å². The molecule has 0 spiro atoms. The van der Waals surface area contributed by atoms with Crippen LogP contribution in [-0.2, 0) is 26.9 Å². The number of hydrogen-bond acceptors (Lipinski definition) is 8. The lowest BCUT2D eigenvalue weighted by Crippen LogP contribution is -2.40. The lowest BCUT2D eigenvalue weighted by Gasteiger charge is -2.35. The van der Waals surface area contributed by atoms with Gasteiger partial charge in [-0.3, -0.25) is 4.79 Å². The molecule has 1 saturated heterocycles. The van der Waals surface area contributed by atoms with E-state index < -0.39 is 22.6 Å². The number of fused-ring (bicyclic) bond motifs is 1. The van der Waals surface area contributed by atoms with E-state index in [0.717, 1.165) is 29.5 Å². The number of amides is 1. The molecule has 3 heterocycles. The number of aromatic nitrogens is 1. The van der Waals surface area contributed by atoms with Crippen molar-refractivity contribution in [3.8, 4) is 11.3 Å². The van der Waals surface area contributed by atoms with Crippen molar-refractivity contribution in [3.05, 3.63) is 52.7 Å². The van der Waals surface area contributed by atoms with Gasteiger partial charge in [0.1, 0.15) is 11.4 Å². The number of unbranched alkanes of at least 4 members (excludes halogenated alkanes) is 1. The van der Waals surface area contributed by atoms with E-state index in [4.69, 9.17) is 18.9 Å². The minimum Gasteiger partial charge on any atom is -0.450 e. The van der Waals surface area contributed by atoms with E-state index in [-0.39, 0.29) is 30.6 Å². The minimum atomic E-state index is -2.90. The summed E-state index contributed by atoms with van der Waals surface area (Å²) in [6.45, 7) is 3.20. The predicted octanol–water partition coefficient (Wildman–Crippen LogP) is 4.78. The van der Waals surface area contributed by atoms with Crippen LogP contribution in [0.25, 0.3) is 22.4 Å². The van der Waals surface area contributed by atoms with Crippen molar-refractivity contribution >= 4 is 34.1 Å². The van der Waals surface area contributed by atoms with Crippen LogP contribution in [0.1, 0.15) is 78.0 Å². The normalized spacial score (nSPS) is 16.7. The largest absolute Gasteiger partial charge is 0.506 e. The number of carbonyl (C=O) groups excluding carboxylic acids is 1. The van der Waals surface area contributed by atoms with Crippen molar-refractivity contribution < 1.29 is 37.0 Å². The molecule has 3 aromatic rings. The number of rotatable bonds is 12. The molecule has 1 aliphatic heterocycles. The second kappa shape index (κ2) is 12.8. The molecule has 2 fully saturated rings. The highest BCUT2D eigenvalue weighted by Crippen LogP contribution is 2.44. The molecule has 226 valence electrons. The Morgan fingerprint density at radius 3 is 2.50 bits per heavy atom. The fourth-order valence-corrected chi connectivity index (χ4v) is 6.23. The van der Waals surface area contributed by atoms with Crippen LogP contribution in [0.5, 0.6) is 0 Å². The van der Waals surface area contributed by atoms with E-state index in [1.54, 1.807) is 7.05 Å². The van der Waals surface area contributed by atoms with E-state index >= 15 is 0 Å². The maximum Gasteiger partial charge on any atom is 0.506 e. The number of ether oxygens (including phenoxy) is 2. The van der Waals surface area contributed by atoms with Crippen LogP contribution in [-0.4, -0.2) is 67.3 Å². The van der Waals surface area contributed by atoms with Gasteiger partial charge in [-0.25, -0.2) is 18.2 Å². The molecule has 1 saturated carbocycles. The van der Waals surface area contributed by atoms with Gasteiger partial charge in [0.25, 0.3) is 5.91 Å². The summed E-state index contributed by atoms with van der Waals surface area (Å²) in [5.74, 6) is 0.396. The van der Waals surface area contributed by atoms with Crippen LogP contribution in [0.2, 0.25) is 0 Å². The highest BCUT2D eigenvalue weighted by molar-refractivity contribution is 7.69. The molecule has 0 atom stereocenters. The van der Waals surface area contributed by atoms with Gasteiger partial charge >= 0.3 is 6.16 Å². The van der Waals surface area contributed by atoms with Crippen molar-refractivity contribution in [2.45, 2.75) is 69.9 Å². The summed E-state index contributed by atoms with van der Waals surface area (Å²) in [7, 11) is -1.33. The molecule has 2 aliphatic rings. The Kier molecular flexibility index (Phi) is 9.14. The number of hydrogen-bond donors (Lipinski definition) is 3. The zero-order valence-electron chi connectivity index (χ0n) is 23.9. The third kappa shape index (κ3) is 6.77. The SMILES string of the molecule is CNC(=O)c1c(-c2ccc(C)cc2)oc2nc(CN(CCCCC3(OC(=O)O)CCOCC3)[SH](=O)=O)c(C3CC3)cc12. The van der Waals surface area contributed by atoms with Crippen LogP contribution >= 0.6 is 0 Å². The molecule has 5 rings (SSSR count). The van der Waals surface area contributed by atoms with Gasteiger partial charge in [0.2, 0.25) is 16.6 Å². The van der Waals surface area contributed by atoms with Crippen LogP contribution in [0, 0.1) is 6.92 Å². The summed E-state index contributed by atoms with van der Waals surface area (Å²) < 4.78 is 42.8. The topological polar surface area (TPSA) is 148 Å². The lowest BCUT2D eigenvalue weighted by atomic mass is 9.88. The fraction of sp³-hybridized carbons (Fsp3) is 0.500. The molecule has 2 N–H and O–H groups in total. The first-order chi connectivity index (χ1) is 20.2. The van der Waals surface area contributed by atoms with Crippen molar-refractivity contribution in [3.63, 3.8) is 0 Å². The second-order valence-corrected chi connectivity index (χ2v) is 12.2. The van der Waals surface area contributed by atoms with Crippen LogP contribution in [0.15, 0.2) is 34.7 Å². The zero-order chi connectivity index (χ0) is 29.9. The monoisotopic (exact) mass is 599 g/mol. The third-order valence-corrected chi connectivity index (χ3v) is 8.95. The fourth-order valence-electron chi connectivity index (χ4n) is 5.67. The molecule has 42 heavy (non-hydrogen) atoms. The number of carboxylic acid groups (broad SMARTS) is 1. The van der Waals surface area contributed by atoms with Crippen molar-refractivity contribution in [2.24, 2.45) is 0 Å². The van der Waals surface area contributed by atoms with Gasteiger partial charge < -0.3 is 24.3 Å². The molecule has 12 heteroatoms. The summed E-state index contributed by atoms with van der Waals surface area (Å²) in [6.07, 6.45) is 3.24. The van der Waals surface area contributed by atoms with Crippen molar-refractivity contribution in [2.75, 3.05) is 26.8 Å². The van der Waals surface area contributed by atoms with Gasteiger partial charge in [-0.15, -0.1) is 0 Å². The van der Waals surface area contributed by atoms with E-state index in [2.05, 4.69) is 5.32 Å². The first-order valence-corrected chi connectivity index (χ1v) is 15.5. The number of carbonyl (C=O) groups is 2. The van der Waals surface area contributed by atoms with E-state index in [1.165, 1.54) is 4.31 Å². The summed E-state index contributed by atoms with van der Waals surface area (Å²) in [5, 5.41) is 12.5. The Bertz CT molecular complexity index is 1510. The highest BCUT2D eigenvalue weighted by atomic mass is 32.2. The average Bonchev–Trinajstić information content (AvgIpc) is 3.74. The van der Waals surface area contributed by atoms with Crippen LogP contribution < -0.4 is 5.32 Å². The maximum atomic E-state index is 13.0. The number of thiol groups is 1. The van der Waals surface area contributed by atoms with Gasteiger partial charge in [0, 0.05) is 32.0 Å². The number of pyridine rings is 1. The molecular weight excluding hydrogens is 562 g/mol. The van der Waals surface area contributed by atoms with Gasteiger partial charge in [-0.05, 0) is 56.6 Å². The highest BCUT2D eigenvalue weighted by Gasteiger charge is 2.36. The number of nitrogens with zero attached hydrogens (tertiary/aromatic N) is 2. The summed E-state index contributed by atoms with van der Waals surface area (Å²) in [4.78, 5) is 29.1. The Morgan fingerprint density at radius 2 is 1.88 bits per heavy atom. The van der Waals surface area contributed by atoms with Crippen molar-refractivity contribution in [1.82, 2.24) is 14.6 Å². The second-order valence-electron chi connectivity index (χ2n) is 11.1. The first-order valence-electron chi connectivity index (χ1n) is 14.3. The Balaban J connectivity index is 1.38. The molecule has 1 aliphatic carbocycles. The average molecular weight is 600 g/mol. The standard InChI is InChI=1S/C30H37N3O8S/c1-19-5-7-21(8-6-19)26-25(27(34)31-2)23-17-22(20-9-10-20)24(32-28(23)40-26)18-33(42(37)38)14-4-3-11-30(41-29(35)36)12-15-39-16-13-30/h5-8,17,20,42H,3-4,9-16,18H2,1-2H3,(H,31,34)(H,35,36). The number of aryl methyl sites for hydroxylation is 1. The quantitative estimate of drug-likeness (QED) is 0.152. The molecule has 1 aromatic carbocycles. The molecule has 0 unspecified atom stereocenters. The van der Waals surface area contributed by atoms with Gasteiger partial charge in [-0.2, -0.15) is 4.31 Å². The minimum absolute atomic E-state index is 0.0843. The molecule has 0 radical (unpaired) electrons. The van der Waals surface area contributed by atoms with E-state index in [0.29, 0.717) is 67.7 Å². The zero-order valence-corrected chi connectivity index (χ0v) is 24.8. The molecule has 2 aromatic heterocycles. The Morgan fingerprint density at radius 1 is 1.17 bits per heavy atom. The smallest absolute Gasteiger partial charge is 0.450 e. The predicted molar refractivity (Wildman–Crippen MR) is 156 cm³/mol. The molecular formula is C30H37N3O8S. The summed E-state index contributed by atoms with van der Waals surface area (Å²) in [6, 6.07) is 9.64. The number of furan rings is 1. The summed E-state index contributed by atoms with van der Waals surface area (Å²) in [5.41, 5.74) is 3.29. The van der Waals surface area contributed by atoms with Crippen molar-refractivity contribution in [1.29, 1.82) is 0 Å². The van der Waals surface area contributed by atoms with Crippen LogP contribution in [0.3, 0.4) is 0 Å². The first kappa shape index (κ1) is 30.0. The van der Waals surface area contributed by atoms with Crippen LogP contribution in [0.4, 0.5) is 4.79 Å². The summed E-state index contributed by atoms with van der Waals surface area (Å²) >= 11 is 0. The lowest BCUT2D eigenvalue weighted by molar-refractivity contribution is -0.0901. The number of nitrogens with one attached hydrogen (secondary N) is 1. The van der Waals surface area contributed by atoms with E-state index in [9.17, 15) is 23.1 Å². The maximum absolute atomic E-state index is 13.0. The Labute approximate surface area is 246 Å². The molecule has 11 nitrogen and oxygen atoms in total. The Hall–Kier alpha value is -3.48. The molecule has 1 amide bonds. The van der Waals surface area contributed by atoms with E-state index in [1.807, 2.05) is 37.3 Å². The van der Waals surface area contributed by atoms with Gasteiger partial charge in [-0.1, -0.05) is 29.8 Å². The molecule has 0 bridgehead atoms. The third-order valence-electron chi connectivity index (χ3n) is 8.15.